The van der Waals surface area contributed by atoms with Gasteiger partial charge in [-0.15, -0.1) is 0 Å². The van der Waals surface area contributed by atoms with Crippen molar-refractivity contribution in [1.82, 2.24) is 4.90 Å². The van der Waals surface area contributed by atoms with E-state index in [9.17, 15) is 9.59 Å². The number of likely N-dealkylation sites (N-methyl/N-ethyl adjacent to an activating group) is 1. The van der Waals surface area contributed by atoms with Crippen LogP contribution in [0.5, 0.6) is 0 Å². The fraction of sp³-hybridized carbons (Fsp3) is 0.273. The lowest BCUT2D eigenvalue weighted by atomic mass is 9.95. The van der Waals surface area contributed by atoms with Gasteiger partial charge in [-0.05, 0) is 42.2 Å². The first-order valence-electron chi connectivity index (χ1n) is 8.84. The van der Waals surface area contributed by atoms with Gasteiger partial charge in [0.1, 0.15) is 0 Å². The molecular weight excluding hydrogens is 324 g/mol. The molecule has 1 aliphatic rings. The maximum absolute atomic E-state index is 12.6. The maximum Gasteiger partial charge on any atom is 0.247 e. The summed E-state index contributed by atoms with van der Waals surface area (Å²) >= 11 is 0. The van der Waals surface area contributed by atoms with Crippen LogP contribution in [-0.2, 0) is 21.4 Å². The molecule has 0 unspecified atom stereocenters. The Balaban J connectivity index is 1.58. The molecule has 0 heterocycles. The van der Waals surface area contributed by atoms with Gasteiger partial charge in [-0.25, -0.2) is 0 Å². The molecule has 0 aliphatic heterocycles. The summed E-state index contributed by atoms with van der Waals surface area (Å²) < 4.78 is 0. The van der Waals surface area contributed by atoms with E-state index in [2.05, 4.69) is 36.2 Å². The van der Waals surface area contributed by atoms with Crippen molar-refractivity contribution < 1.29 is 9.59 Å². The highest BCUT2D eigenvalue weighted by molar-refractivity contribution is 5.98. The van der Waals surface area contributed by atoms with Gasteiger partial charge in [0.2, 0.25) is 11.8 Å². The average molecular weight is 348 g/mol. The molecule has 2 amide bonds. The van der Waals surface area contributed by atoms with E-state index in [-0.39, 0.29) is 17.2 Å². The van der Waals surface area contributed by atoms with Crippen LogP contribution in [-0.4, -0.2) is 30.3 Å². The van der Waals surface area contributed by atoms with Gasteiger partial charge in [-0.1, -0.05) is 49.0 Å². The molecule has 0 bridgehead atoms. The highest BCUT2D eigenvalue weighted by Gasteiger charge is 2.45. The predicted molar refractivity (Wildman–Crippen MR) is 104 cm³/mol. The summed E-state index contributed by atoms with van der Waals surface area (Å²) in [6.07, 6.45) is 3.85. The lowest BCUT2D eigenvalue weighted by Crippen LogP contribution is -2.35. The van der Waals surface area contributed by atoms with Crippen molar-refractivity contribution in [2.24, 2.45) is 0 Å². The number of carbonyl (C=O) groups excluding carboxylic acids is 2. The first kappa shape index (κ1) is 17.9. The summed E-state index contributed by atoms with van der Waals surface area (Å²) in [5.74, 6) is -0.140. The molecule has 1 aliphatic carbocycles. The Bertz CT molecular complexity index is 793. The molecule has 0 radical (unpaired) electrons. The Morgan fingerprint density at radius 2 is 1.77 bits per heavy atom. The number of hydrogen-bond donors (Lipinski definition) is 1. The minimum atomic E-state index is -0.246. The third kappa shape index (κ3) is 4.20. The molecule has 0 saturated heterocycles. The molecular formula is C22H24N2O2. The fourth-order valence-electron chi connectivity index (χ4n) is 3.23. The Labute approximate surface area is 154 Å². The molecule has 1 fully saturated rings. The van der Waals surface area contributed by atoms with E-state index in [0.717, 1.165) is 24.9 Å². The van der Waals surface area contributed by atoms with E-state index >= 15 is 0 Å². The van der Waals surface area contributed by atoms with Crippen LogP contribution in [0.25, 0.3) is 0 Å². The molecule has 0 aromatic heterocycles. The third-order valence-electron chi connectivity index (χ3n) is 4.97. The number of benzene rings is 2. The van der Waals surface area contributed by atoms with Crippen LogP contribution in [0.1, 0.15) is 24.0 Å². The van der Waals surface area contributed by atoms with Crippen molar-refractivity contribution in [3.05, 3.63) is 78.4 Å². The van der Waals surface area contributed by atoms with Crippen LogP contribution in [0.15, 0.2) is 67.3 Å². The van der Waals surface area contributed by atoms with E-state index in [0.29, 0.717) is 12.1 Å². The first-order valence-corrected chi connectivity index (χ1v) is 8.84. The van der Waals surface area contributed by atoms with E-state index < -0.39 is 0 Å². The molecule has 0 spiro atoms. The van der Waals surface area contributed by atoms with Crippen LogP contribution in [0, 0.1) is 0 Å². The zero-order valence-electron chi connectivity index (χ0n) is 15.1. The number of rotatable bonds is 7. The number of nitrogens with one attached hydrogen (secondary N) is 1. The zero-order chi connectivity index (χ0) is 18.6. The van der Waals surface area contributed by atoms with Gasteiger partial charge in [-0.2, -0.15) is 0 Å². The highest BCUT2D eigenvalue weighted by atomic mass is 16.2. The summed E-state index contributed by atoms with van der Waals surface area (Å²) in [4.78, 5) is 25.7. The van der Waals surface area contributed by atoms with Gasteiger partial charge in [-0.3, -0.25) is 9.59 Å². The number of carbonyl (C=O) groups is 2. The number of anilines is 1. The normalized spacial score (nSPS) is 14.3. The minimum Gasteiger partial charge on any atom is -0.345 e. The largest absolute Gasteiger partial charge is 0.345 e. The van der Waals surface area contributed by atoms with Gasteiger partial charge in [0.25, 0.3) is 0 Å². The van der Waals surface area contributed by atoms with Crippen LogP contribution < -0.4 is 5.32 Å². The monoisotopic (exact) mass is 348 g/mol. The second-order valence-corrected chi connectivity index (χ2v) is 6.96. The summed E-state index contributed by atoms with van der Waals surface area (Å²) in [6, 6.07) is 17.8. The van der Waals surface area contributed by atoms with Crippen LogP contribution in [0.4, 0.5) is 5.69 Å². The van der Waals surface area contributed by atoms with Gasteiger partial charge in [0.15, 0.2) is 0 Å². The van der Waals surface area contributed by atoms with Gasteiger partial charge in [0, 0.05) is 24.7 Å². The molecule has 1 saturated carbocycles. The highest BCUT2D eigenvalue weighted by Crippen LogP contribution is 2.48. The molecule has 3 rings (SSSR count). The lowest BCUT2D eigenvalue weighted by molar-refractivity contribution is -0.129. The van der Waals surface area contributed by atoms with E-state index in [1.54, 1.807) is 12.1 Å². The van der Waals surface area contributed by atoms with Gasteiger partial charge in [0.05, 0.1) is 6.42 Å². The molecule has 134 valence electrons. The van der Waals surface area contributed by atoms with Crippen LogP contribution in [0.2, 0.25) is 0 Å². The minimum absolute atomic E-state index is 0.107. The van der Waals surface area contributed by atoms with Crippen molar-refractivity contribution in [3.8, 4) is 0 Å². The zero-order valence-corrected chi connectivity index (χ0v) is 15.1. The van der Waals surface area contributed by atoms with Gasteiger partial charge >= 0.3 is 0 Å². The molecule has 2 aromatic rings. The number of amides is 2. The predicted octanol–water partition coefficient (Wildman–Crippen LogP) is 3.54. The Kier molecular flexibility index (Phi) is 5.21. The van der Waals surface area contributed by atoms with Crippen LogP contribution in [0.3, 0.4) is 0 Å². The summed E-state index contributed by atoms with van der Waals surface area (Å²) in [5, 5.41) is 2.70. The molecule has 4 heteroatoms. The van der Waals surface area contributed by atoms with Crippen molar-refractivity contribution in [1.29, 1.82) is 0 Å². The molecule has 0 atom stereocenters. The topological polar surface area (TPSA) is 49.4 Å². The Morgan fingerprint density at radius 3 is 2.35 bits per heavy atom. The van der Waals surface area contributed by atoms with E-state index in [1.165, 1.54) is 11.6 Å². The number of hydrogen-bond acceptors (Lipinski definition) is 2. The molecule has 4 nitrogen and oxygen atoms in total. The maximum atomic E-state index is 12.6. The Morgan fingerprint density at radius 1 is 1.12 bits per heavy atom. The second kappa shape index (κ2) is 7.56. The van der Waals surface area contributed by atoms with Crippen molar-refractivity contribution in [2.75, 3.05) is 18.9 Å². The Hall–Kier alpha value is -2.88. The lowest BCUT2D eigenvalue weighted by Gasteiger charge is -2.24. The first-order chi connectivity index (χ1) is 12.5. The summed E-state index contributed by atoms with van der Waals surface area (Å²) in [7, 11) is 1.88. The van der Waals surface area contributed by atoms with Crippen molar-refractivity contribution in [2.45, 2.75) is 24.7 Å². The van der Waals surface area contributed by atoms with Crippen LogP contribution >= 0.6 is 0 Å². The summed E-state index contributed by atoms with van der Waals surface area (Å²) in [6.45, 7) is 4.18. The average Bonchev–Trinajstić information content (AvgIpc) is 3.44. The van der Waals surface area contributed by atoms with Crippen molar-refractivity contribution in [3.63, 3.8) is 0 Å². The summed E-state index contributed by atoms with van der Waals surface area (Å²) in [5.41, 5.74) is 3.08. The van der Waals surface area contributed by atoms with Gasteiger partial charge < -0.3 is 10.2 Å². The molecule has 1 N–H and O–H groups in total. The smallest absolute Gasteiger partial charge is 0.247 e. The molecule has 26 heavy (non-hydrogen) atoms. The standard InChI is InChI=1S/C22H24N2O2/c1-3-20(25)23-19-11-9-17(10-12-19)15-21(26)24(2)16-22(13-14-22)18-7-5-4-6-8-18/h3-12H,1,13-16H2,2H3,(H,23,25). The SMILES string of the molecule is C=CC(=O)Nc1ccc(CC(=O)N(C)CC2(c3ccccc3)CC2)cc1. The quantitative estimate of drug-likeness (QED) is 0.778. The van der Waals surface area contributed by atoms with E-state index in [1.807, 2.05) is 30.1 Å². The second-order valence-electron chi connectivity index (χ2n) is 6.96. The fourth-order valence-corrected chi connectivity index (χ4v) is 3.23. The number of nitrogens with zero attached hydrogens (tertiary/aromatic N) is 1. The van der Waals surface area contributed by atoms with Crippen molar-refractivity contribution >= 4 is 17.5 Å². The third-order valence-corrected chi connectivity index (χ3v) is 4.97. The molecule has 2 aromatic carbocycles. The van der Waals surface area contributed by atoms with E-state index in [4.69, 9.17) is 0 Å².